The molecule has 0 radical (unpaired) electrons. The summed E-state index contributed by atoms with van der Waals surface area (Å²) in [6.45, 7) is 0. The van der Waals surface area contributed by atoms with Gasteiger partial charge in [0.1, 0.15) is 17.1 Å². The molecule has 6 rings (SSSR count). The molecule has 38 heavy (non-hydrogen) atoms. The molecule has 0 aliphatic heterocycles. The molecule has 0 atom stereocenters. The van der Waals surface area contributed by atoms with Crippen LogP contribution in [0.1, 0.15) is 48.3 Å². The zero-order valence-electron chi connectivity index (χ0n) is 20.1. The van der Waals surface area contributed by atoms with Crippen molar-refractivity contribution in [3.8, 4) is 0 Å². The molecule has 2 aliphatic rings. The van der Waals surface area contributed by atoms with Crippen LogP contribution < -0.4 is 4.72 Å². The number of oxazole rings is 1. The second-order valence-electron chi connectivity index (χ2n) is 10.1. The molecule has 6 nitrogen and oxygen atoms in total. The van der Waals surface area contributed by atoms with Crippen LogP contribution in [0.4, 0.5) is 4.39 Å². The highest BCUT2D eigenvalue weighted by molar-refractivity contribution is 7.89. The van der Waals surface area contributed by atoms with Gasteiger partial charge in [-0.05, 0) is 73.2 Å². The summed E-state index contributed by atoms with van der Waals surface area (Å²) < 4.78 is 46.8. The van der Waals surface area contributed by atoms with Gasteiger partial charge >= 0.3 is 0 Å². The molecule has 1 heterocycles. The van der Waals surface area contributed by atoms with E-state index >= 15 is 0 Å². The fourth-order valence-electron chi connectivity index (χ4n) is 4.78. The number of halogens is 3. The number of carbonyl (C=O) groups excluding carboxylic acids is 1. The van der Waals surface area contributed by atoms with Crippen LogP contribution in [0.15, 0.2) is 63.9 Å². The molecule has 2 fully saturated rings. The number of hydrogen-bond donors (Lipinski definition) is 1. The fourth-order valence-corrected chi connectivity index (χ4v) is 6.98. The number of nitrogens with one attached hydrogen (secondary N) is 1. The van der Waals surface area contributed by atoms with Gasteiger partial charge in [-0.3, -0.25) is 4.79 Å². The van der Waals surface area contributed by atoms with Crippen molar-refractivity contribution in [2.75, 3.05) is 0 Å². The largest absolute Gasteiger partial charge is 0.440 e. The van der Waals surface area contributed by atoms with Crippen molar-refractivity contribution in [3.63, 3.8) is 0 Å². The number of rotatable bonds is 9. The second-order valence-corrected chi connectivity index (χ2v) is 12.6. The average molecular weight is 573 g/mol. The van der Waals surface area contributed by atoms with Crippen LogP contribution in [-0.4, -0.2) is 25.2 Å². The number of benzene rings is 3. The smallest absolute Gasteiger partial charge is 0.240 e. The van der Waals surface area contributed by atoms with Gasteiger partial charge in [0.25, 0.3) is 0 Å². The molecule has 3 aromatic carbocycles. The Bertz CT molecular complexity index is 1650. The van der Waals surface area contributed by atoms with E-state index in [9.17, 15) is 17.6 Å². The molecule has 0 spiro atoms. The Balaban J connectivity index is 1.17. The van der Waals surface area contributed by atoms with Crippen molar-refractivity contribution >= 4 is 50.1 Å². The van der Waals surface area contributed by atoms with E-state index in [1.807, 2.05) is 0 Å². The summed E-state index contributed by atoms with van der Waals surface area (Å²) in [5.74, 6) is -0.0103. The molecule has 0 unspecified atom stereocenters. The molecule has 0 saturated heterocycles. The number of hydrogen-bond acceptors (Lipinski definition) is 5. The summed E-state index contributed by atoms with van der Waals surface area (Å²) in [5, 5.41) is 0.841. The van der Waals surface area contributed by atoms with Gasteiger partial charge in [0.2, 0.25) is 15.9 Å². The zero-order chi connectivity index (χ0) is 26.7. The van der Waals surface area contributed by atoms with Crippen molar-refractivity contribution in [2.24, 2.45) is 0 Å². The van der Waals surface area contributed by atoms with Crippen LogP contribution in [0, 0.1) is 5.82 Å². The van der Waals surface area contributed by atoms with Gasteiger partial charge in [-0.2, -0.15) is 0 Å². The average Bonchev–Trinajstić information content (AvgIpc) is 3.77. The van der Waals surface area contributed by atoms with E-state index < -0.39 is 21.3 Å². The predicted molar refractivity (Wildman–Crippen MR) is 143 cm³/mol. The van der Waals surface area contributed by atoms with Crippen LogP contribution in [0.3, 0.4) is 0 Å². The zero-order valence-corrected chi connectivity index (χ0v) is 22.5. The minimum atomic E-state index is -3.53. The molecule has 1 N–H and O–H groups in total. The third kappa shape index (κ3) is 4.98. The minimum Gasteiger partial charge on any atom is -0.440 e. The van der Waals surface area contributed by atoms with Crippen molar-refractivity contribution < 1.29 is 22.0 Å². The SMILES string of the molecule is O=C(Cc1ccc(S(=O)(=O)NC2CC2)cc1)Cc1cc(Cl)c(C2(c3nc4ccc(F)cc4o3)CC2)c(Cl)c1. The Labute approximate surface area is 229 Å². The Kier molecular flexibility index (Phi) is 6.34. The van der Waals surface area contributed by atoms with Gasteiger partial charge in [0.05, 0.1) is 10.3 Å². The first kappa shape index (κ1) is 25.5. The second kappa shape index (κ2) is 9.45. The van der Waals surface area contributed by atoms with Gasteiger partial charge in [-0.1, -0.05) is 35.3 Å². The Hall–Kier alpha value is -2.78. The number of fused-ring (bicyclic) bond motifs is 1. The monoisotopic (exact) mass is 572 g/mol. The van der Waals surface area contributed by atoms with E-state index in [0.717, 1.165) is 31.2 Å². The number of ketones is 1. The Morgan fingerprint density at radius 2 is 1.66 bits per heavy atom. The maximum Gasteiger partial charge on any atom is 0.240 e. The van der Waals surface area contributed by atoms with Gasteiger partial charge in [0, 0.05) is 40.6 Å². The van der Waals surface area contributed by atoms with E-state index in [4.69, 9.17) is 27.6 Å². The summed E-state index contributed by atoms with van der Waals surface area (Å²) in [5.41, 5.74) is 2.44. The number of sulfonamides is 1. The van der Waals surface area contributed by atoms with E-state index in [-0.39, 0.29) is 29.6 Å². The van der Waals surface area contributed by atoms with Gasteiger partial charge in [0.15, 0.2) is 5.58 Å². The lowest BCUT2D eigenvalue weighted by Crippen LogP contribution is -2.25. The normalized spacial score (nSPS) is 16.6. The van der Waals surface area contributed by atoms with Crippen LogP contribution in [-0.2, 0) is 33.1 Å². The van der Waals surface area contributed by atoms with Crippen LogP contribution >= 0.6 is 23.2 Å². The highest BCUT2D eigenvalue weighted by atomic mass is 35.5. The lowest BCUT2D eigenvalue weighted by molar-refractivity contribution is -0.117. The van der Waals surface area contributed by atoms with E-state index in [0.29, 0.717) is 38.2 Å². The first-order valence-corrected chi connectivity index (χ1v) is 14.5. The molecule has 2 aliphatic carbocycles. The summed E-state index contributed by atoms with van der Waals surface area (Å²) in [7, 11) is -3.53. The van der Waals surface area contributed by atoms with Crippen molar-refractivity contribution in [3.05, 3.63) is 93.0 Å². The first-order valence-electron chi connectivity index (χ1n) is 12.3. The van der Waals surface area contributed by atoms with Gasteiger partial charge in [-0.15, -0.1) is 0 Å². The Morgan fingerprint density at radius 3 is 2.29 bits per heavy atom. The van der Waals surface area contributed by atoms with Crippen LogP contribution in [0.5, 0.6) is 0 Å². The summed E-state index contributed by atoms with van der Waals surface area (Å²) in [6.07, 6.45) is 3.47. The Morgan fingerprint density at radius 1 is 1.00 bits per heavy atom. The fraction of sp³-hybridized carbons (Fsp3) is 0.286. The molecule has 4 aromatic rings. The first-order chi connectivity index (χ1) is 18.1. The molecule has 10 heteroatoms. The molecular formula is C28H23Cl2FN2O4S. The maximum atomic E-state index is 13.6. The maximum absolute atomic E-state index is 13.6. The number of carbonyl (C=O) groups is 1. The molecular weight excluding hydrogens is 550 g/mol. The standard InChI is InChI=1S/C28H23Cl2FN2O4S/c29-22-13-17(12-20(34)11-16-1-6-21(7-2-16)38(35,36)33-19-4-5-19)14-23(30)26(22)28(9-10-28)27-32-24-8-3-18(31)15-25(24)37-27/h1-3,6-8,13-15,19,33H,4-5,9-12H2. The third-order valence-electron chi connectivity index (χ3n) is 7.03. The summed E-state index contributed by atoms with van der Waals surface area (Å²) >= 11 is 13.4. The van der Waals surface area contributed by atoms with Crippen molar-refractivity contribution in [2.45, 2.75) is 54.9 Å². The van der Waals surface area contributed by atoms with E-state index in [1.54, 1.807) is 30.3 Å². The molecule has 1 aromatic heterocycles. The lowest BCUT2D eigenvalue weighted by Gasteiger charge is -2.17. The predicted octanol–water partition coefficient (Wildman–Crippen LogP) is 6.15. The van der Waals surface area contributed by atoms with Crippen LogP contribution in [0.25, 0.3) is 11.1 Å². The molecule has 0 amide bonds. The summed E-state index contributed by atoms with van der Waals surface area (Å²) in [4.78, 5) is 17.6. The highest BCUT2D eigenvalue weighted by Crippen LogP contribution is 2.57. The van der Waals surface area contributed by atoms with Gasteiger partial charge < -0.3 is 4.42 Å². The number of Topliss-reactive ketones (excluding diaryl/α,β-unsaturated/α-hetero) is 1. The van der Waals surface area contributed by atoms with Gasteiger partial charge in [-0.25, -0.2) is 22.5 Å². The van der Waals surface area contributed by atoms with Crippen molar-refractivity contribution in [1.82, 2.24) is 9.71 Å². The molecule has 0 bridgehead atoms. The van der Waals surface area contributed by atoms with Crippen molar-refractivity contribution in [1.29, 1.82) is 0 Å². The highest BCUT2D eigenvalue weighted by Gasteiger charge is 2.52. The van der Waals surface area contributed by atoms with Crippen LogP contribution in [0.2, 0.25) is 10.0 Å². The third-order valence-corrected chi connectivity index (χ3v) is 9.16. The van der Waals surface area contributed by atoms with E-state index in [2.05, 4.69) is 9.71 Å². The molecule has 196 valence electrons. The number of aromatic nitrogens is 1. The summed E-state index contributed by atoms with van der Waals surface area (Å²) in [6, 6.07) is 14.1. The lowest BCUT2D eigenvalue weighted by atomic mass is 9.93. The quantitative estimate of drug-likeness (QED) is 0.260. The van der Waals surface area contributed by atoms with E-state index in [1.165, 1.54) is 24.3 Å². The molecule has 2 saturated carbocycles. The number of nitrogens with zero attached hydrogens (tertiary/aromatic N) is 1. The minimum absolute atomic E-state index is 0.0284. The topological polar surface area (TPSA) is 89.3 Å².